The van der Waals surface area contributed by atoms with E-state index in [1.807, 2.05) is 0 Å². The highest BCUT2D eigenvalue weighted by Gasteiger charge is 2.25. The zero-order valence-electron chi connectivity index (χ0n) is 10.6. The molecule has 1 unspecified atom stereocenters. The maximum atomic E-state index is 11.3. The Bertz CT molecular complexity index is 211. The molecule has 0 aromatic carbocycles. The first kappa shape index (κ1) is 14.2. The Balaban J connectivity index is 4.38. The lowest BCUT2D eigenvalue weighted by atomic mass is 9.86. The van der Waals surface area contributed by atoms with Crippen LogP contribution >= 0.6 is 0 Å². The second-order valence-corrected chi connectivity index (χ2v) is 4.96. The Labute approximate surface area is 94.1 Å². The molecule has 0 radical (unpaired) electrons. The first-order chi connectivity index (χ1) is 6.93. The molecule has 0 saturated heterocycles. The van der Waals surface area contributed by atoms with E-state index in [9.17, 15) is 4.79 Å². The molecule has 1 amide bonds. The molecule has 88 valence electrons. The lowest BCUT2D eigenvalue weighted by molar-refractivity contribution is -0.118. The molecule has 0 aliphatic heterocycles. The van der Waals surface area contributed by atoms with Crippen LogP contribution in [0, 0.1) is 5.92 Å². The van der Waals surface area contributed by atoms with E-state index >= 15 is 0 Å². The zero-order valence-corrected chi connectivity index (χ0v) is 10.6. The van der Waals surface area contributed by atoms with Crippen LogP contribution in [0.25, 0.3) is 0 Å². The number of carbonyl (C=O) groups is 1. The molecule has 0 aliphatic rings. The fraction of sp³-hybridized carbons (Fsp3) is 0.769. The quantitative estimate of drug-likeness (QED) is 0.643. The third-order valence-electron chi connectivity index (χ3n) is 2.55. The summed E-state index contributed by atoms with van der Waals surface area (Å²) < 4.78 is 0. The van der Waals surface area contributed by atoms with Crippen LogP contribution in [0.1, 0.15) is 53.4 Å². The fourth-order valence-electron chi connectivity index (χ4n) is 2.03. The van der Waals surface area contributed by atoms with Gasteiger partial charge in [0.1, 0.15) is 0 Å². The molecule has 0 fully saturated rings. The molecule has 0 spiro atoms. The maximum absolute atomic E-state index is 11.3. The Kier molecular flexibility index (Phi) is 6.30. The van der Waals surface area contributed by atoms with Crippen LogP contribution in [0.5, 0.6) is 0 Å². The zero-order chi connectivity index (χ0) is 11.9. The van der Waals surface area contributed by atoms with Gasteiger partial charge >= 0.3 is 0 Å². The van der Waals surface area contributed by atoms with Crippen LogP contribution in [0.3, 0.4) is 0 Å². The summed E-state index contributed by atoms with van der Waals surface area (Å²) in [6.45, 7) is 12.2. The predicted octanol–water partition coefficient (Wildman–Crippen LogP) is 3.28. The molecule has 2 heteroatoms. The Morgan fingerprint density at radius 2 is 2.13 bits per heavy atom. The molecule has 0 saturated carbocycles. The minimum atomic E-state index is -0.0740. The molecule has 0 aromatic heterocycles. The molecule has 0 aromatic rings. The summed E-state index contributed by atoms with van der Waals surface area (Å²) in [5, 5.41) is 3.05. The number of nitrogens with one attached hydrogen (secondary N) is 1. The van der Waals surface area contributed by atoms with Crippen LogP contribution in [0.2, 0.25) is 0 Å². The van der Waals surface area contributed by atoms with E-state index < -0.39 is 0 Å². The smallest absolute Gasteiger partial charge is 0.243 e. The molecule has 0 rings (SSSR count). The standard InChI is InChI=1S/C13H25NO/c1-6-8-9-13(5,10-11(3)4)14-12(15)7-2/h7,11H,2,6,8-10H2,1,3-5H3,(H,14,15). The number of rotatable bonds is 7. The minimum absolute atomic E-state index is 0.0609. The van der Waals surface area contributed by atoms with Crippen LogP contribution in [-0.2, 0) is 4.79 Å². The lowest BCUT2D eigenvalue weighted by Gasteiger charge is -2.32. The van der Waals surface area contributed by atoms with Gasteiger partial charge in [-0.15, -0.1) is 0 Å². The Hall–Kier alpha value is -0.790. The van der Waals surface area contributed by atoms with E-state index in [0.29, 0.717) is 5.92 Å². The molecule has 0 aliphatic carbocycles. The van der Waals surface area contributed by atoms with Crippen molar-refractivity contribution in [3.05, 3.63) is 12.7 Å². The summed E-state index contributed by atoms with van der Waals surface area (Å²) in [4.78, 5) is 11.3. The summed E-state index contributed by atoms with van der Waals surface area (Å²) in [6.07, 6.45) is 5.73. The van der Waals surface area contributed by atoms with Gasteiger partial charge in [-0.3, -0.25) is 4.79 Å². The number of carbonyl (C=O) groups excluding carboxylic acids is 1. The van der Waals surface area contributed by atoms with Crippen molar-refractivity contribution in [2.45, 2.75) is 58.9 Å². The third-order valence-corrected chi connectivity index (χ3v) is 2.55. The van der Waals surface area contributed by atoms with Gasteiger partial charge in [-0.2, -0.15) is 0 Å². The maximum Gasteiger partial charge on any atom is 0.243 e. The van der Waals surface area contributed by atoms with E-state index in [1.165, 1.54) is 6.08 Å². The van der Waals surface area contributed by atoms with Gasteiger partial charge in [0, 0.05) is 5.54 Å². The molecule has 1 atom stereocenters. The van der Waals surface area contributed by atoms with E-state index in [2.05, 4.69) is 39.6 Å². The van der Waals surface area contributed by atoms with Crippen molar-refractivity contribution in [1.82, 2.24) is 5.32 Å². The topological polar surface area (TPSA) is 29.1 Å². The largest absolute Gasteiger partial charge is 0.347 e. The SMILES string of the molecule is C=CC(=O)NC(C)(CCCC)CC(C)C. The molecule has 2 nitrogen and oxygen atoms in total. The normalized spacial score (nSPS) is 14.7. The summed E-state index contributed by atoms with van der Waals surface area (Å²) >= 11 is 0. The summed E-state index contributed by atoms with van der Waals surface area (Å²) in [5.41, 5.74) is -0.0740. The third kappa shape index (κ3) is 6.32. The van der Waals surface area contributed by atoms with E-state index in [4.69, 9.17) is 0 Å². The minimum Gasteiger partial charge on any atom is -0.347 e. The average molecular weight is 211 g/mol. The Morgan fingerprint density at radius 1 is 1.53 bits per heavy atom. The summed E-state index contributed by atoms with van der Waals surface area (Å²) in [7, 11) is 0. The number of hydrogen-bond donors (Lipinski definition) is 1. The highest BCUT2D eigenvalue weighted by Crippen LogP contribution is 2.22. The molecular weight excluding hydrogens is 186 g/mol. The van der Waals surface area contributed by atoms with Gasteiger partial charge in [-0.05, 0) is 31.8 Å². The van der Waals surface area contributed by atoms with Gasteiger partial charge in [-0.1, -0.05) is 40.2 Å². The van der Waals surface area contributed by atoms with E-state index in [1.54, 1.807) is 0 Å². The van der Waals surface area contributed by atoms with Crippen molar-refractivity contribution in [2.24, 2.45) is 5.92 Å². The van der Waals surface area contributed by atoms with Crippen molar-refractivity contribution in [2.75, 3.05) is 0 Å². The Morgan fingerprint density at radius 3 is 2.53 bits per heavy atom. The van der Waals surface area contributed by atoms with Crippen molar-refractivity contribution in [3.8, 4) is 0 Å². The van der Waals surface area contributed by atoms with Crippen molar-refractivity contribution >= 4 is 5.91 Å². The van der Waals surface area contributed by atoms with Gasteiger partial charge in [0.15, 0.2) is 0 Å². The highest BCUT2D eigenvalue weighted by atomic mass is 16.1. The van der Waals surface area contributed by atoms with E-state index in [-0.39, 0.29) is 11.4 Å². The van der Waals surface area contributed by atoms with Crippen molar-refractivity contribution in [3.63, 3.8) is 0 Å². The fourth-order valence-corrected chi connectivity index (χ4v) is 2.03. The molecule has 0 bridgehead atoms. The molecule has 1 N–H and O–H groups in total. The number of unbranched alkanes of at least 4 members (excludes halogenated alkanes) is 1. The lowest BCUT2D eigenvalue weighted by Crippen LogP contribution is -2.46. The summed E-state index contributed by atoms with van der Waals surface area (Å²) in [5.74, 6) is 0.534. The van der Waals surface area contributed by atoms with Crippen LogP contribution < -0.4 is 5.32 Å². The van der Waals surface area contributed by atoms with Crippen molar-refractivity contribution < 1.29 is 4.79 Å². The molecule has 0 heterocycles. The molecule has 15 heavy (non-hydrogen) atoms. The first-order valence-electron chi connectivity index (χ1n) is 5.88. The van der Waals surface area contributed by atoms with Gasteiger partial charge in [0.25, 0.3) is 0 Å². The second-order valence-electron chi connectivity index (χ2n) is 4.96. The van der Waals surface area contributed by atoms with Crippen LogP contribution in [-0.4, -0.2) is 11.4 Å². The summed E-state index contributed by atoms with van der Waals surface area (Å²) in [6, 6.07) is 0. The average Bonchev–Trinajstić information content (AvgIpc) is 2.13. The van der Waals surface area contributed by atoms with E-state index in [0.717, 1.165) is 25.7 Å². The monoisotopic (exact) mass is 211 g/mol. The number of amides is 1. The predicted molar refractivity (Wildman–Crippen MR) is 65.7 cm³/mol. The van der Waals surface area contributed by atoms with Crippen LogP contribution in [0.4, 0.5) is 0 Å². The van der Waals surface area contributed by atoms with Gasteiger partial charge < -0.3 is 5.32 Å². The first-order valence-corrected chi connectivity index (χ1v) is 5.88. The van der Waals surface area contributed by atoms with Crippen LogP contribution in [0.15, 0.2) is 12.7 Å². The second kappa shape index (κ2) is 6.65. The highest BCUT2D eigenvalue weighted by molar-refractivity contribution is 5.87. The van der Waals surface area contributed by atoms with Gasteiger partial charge in [0.05, 0.1) is 0 Å². The molecular formula is C13H25NO. The van der Waals surface area contributed by atoms with Gasteiger partial charge in [0.2, 0.25) is 5.91 Å². The number of hydrogen-bond acceptors (Lipinski definition) is 1. The van der Waals surface area contributed by atoms with Gasteiger partial charge in [-0.25, -0.2) is 0 Å². The van der Waals surface area contributed by atoms with Crippen molar-refractivity contribution in [1.29, 1.82) is 0 Å².